The maximum absolute atomic E-state index is 13.2. The summed E-state index contributed by atoms with van der Waals surface area (Å²) in [6, 6.07) is 8.82. The molecule has 2 aromatic carbocycles. The van der Waals surface area contributed by atoms with Gasteiger partial charge in [0.25, 0.3) is 11.6 Å². The summed E-state index contributed by atoms with van der Waals surface area (Å²) in [7, 11) is 0. The number of nitro groups is 1. The second-order valence-electron chi connectivity index (χ2n) is 5.99. The van der Waals surface area contributed by atoms with Crippen molar-refractivity contribution in [2.24, 2.45) is 0 Å². The minimum atomic E-state index is -1.33. The number of benzene rings is 2. The fraction of sp³-hybridized carbons (Fsp3) is 0.176. The number of nitrogens with zero attached hydrogens (tertiary/aromatic N) is 2. The van der Waals surface area contributed by atoms with Crippen molar-refractivity contribution in [1.82, 2.24) is 10.2 Å². The van der Waals surface area contributed by atoms with Gasteiger partial charge in [0.1, 0.15) is 11.4 Å². The summed E-state index contributed by atoms with van der Waals surface area (Å²) in [5, 5.41) is 13.4. The molecule has 0 spiro atoms. The van der Waals surface area contributed by atoms with Crippen LogP contribution in [0, 0.1) is 15.9 Å². The summed E-state index contributed by atoms with van der Waals surface area (Å²) in [5.74, 6) is -0.930. The summed E-state index contributed by atoms with van der Waals surface area (Å²) in [4.78, 5) is 36.4. The molecule has 7 nitrogen and oxygen atoms in total. The quantitative estimate of drug-likeness (QED) is 0.464. The van der Waals surface area contributed by atoms with Gasteiger partial charge in [-0.05, 0) is 42.3 Å². The first-order chi connectivity index (χ1) is 12.2. The van der Waals surface area contributed by atoms with E-state index in [0.29, 0.717) is 15.6 Å². The molecule has 1 heterocycles. The lowest BCUT2D eigenvalue weighted by Crippen LogP contribution is -2.40. The second kappa shape index (κ2) is 6.49. The highest BCUT2D eigenvalue weighted by Gasteiger charge is 2.49. The van der Waals surface area contributed by atoms with E-state index in [1.807, 2.05) is 0 Å². The molecular weight excluding hydrogens is 409 g/mol. The molecule has 1 saturated heterocycles. The minimum absolute atomic E-state index is 0.0336. The van der Waals surface area contributed by atoms with Crippen LogP contribution in [-0.2, 0) is 16.9 Å². The van der Waals surface area contributed by atoms with Crippen molar-refractivity contribution in [3.63, 3.8) is 0 Å². The van der Waals surface area contributed by atoms with Crippen LogP contribution in [0.1, 0.15) is 18.1 Å². The highest BCUT2D eigenvalue weighted by molar-refractivity contribution is 9.10. The normalized spacial score (nSPS) is 19.6. The molecule has 1 fully saturated rings. The zero-order valence-corrected chi connectivity index (χ0v) is 15.1. The first-order valence-corrected chi connectivity index (χ1v) is 8.34. The van der Waals surface area contributed by atoms with E-state index in [-0.39, 0.29) is 12.2 Å². The largest absolute Gasteiger partial charge is 0.325 e. The number of rotatable bonds is 4. The van der Waals surface area contributed by atoms with Gasteiger partial charge in [0.15, 0.2) is 0 Å². The van der Waals surface area contributed by atoms with Crippen molar-refractivity contribution in [2.75, 3.05) is 0 Å². The van der Waals surface area contributed by atoms with Crippen LogP contribution in [-0.4, -0.2) is 21.8 Å². The van der Waals surface area contributed by atoms with Crippen molar-refractivity contribution in [3.05, 3.63) is 74.0 Å². The van der Waals surface area contributed by atoms with Crippen molar-refractivity contribution >= 4 is 33.6 Å². The predicted octanol–water partition coefficient (Wildman–Crippen LogP) is 3.46. The van der Waals surface area contributed by atoms with Crippen LogP contribution in [0.15, 0.2) is 46.9 Å². The highest BCUT2D eigenvalue weighted by atomic mass is 79.9. The van der Waals surface area contributed by atoms with Gasteiger partial charge in [-0.2, -0.15) is 0 Å². The van der Waals surface area contributed by atoms with Crippen LogP contribution >= 0.6 is 15.9 Å². The van der Waals surface area contributed by atoms with Crippen LogP contribution in [0.25, 0.3) is 0 Å². The number of nitro benzene ring substituents is 1. The molecular formula is C17H13BrFN3O4. The number of non-ortho nitro benzene ring substituents is 1. The van der Waals surface area contributed by atoms with Gasteiger partial charge >= 0.3 is 6.03 Å². The zero-order chi connectivity index (χ0) is 19.1. The molecule has 1 atom stereocenters. The number of carbonyl (C=O) groups excluding carboxylic acids is 2. The lowest BCUT2D eigenvalue weighted by Gasteiger charge is -2.22. The molecule has 2 aromatic rings. The van der Waals surface area contributed by atoms with Gasteiger partial charge in [-0.3, -0.25) is 19.8 Å². The molecule has 0 aliphatic carbocycles. The fourth-order valence-electron chi connectivity index (χ4n) is 2.77. The number of hydrogen-bond acceptors (Lipinski definition) is 4. The minimum Gasteiger partial charge on any atom is -0.319 e. The Balaban J connectivity index is 1.88. The second-order valence-corrected chi connectivity index (χ2v) is 6.84. The number of halogens is 2. The Morgan fingerprint density at radius 3 is 2.46 bits per heavy atom. The van der Waals surface area contributed by atoms with Crippen LogP contribution in [0.5, 0.6) is 0 Å². The average molecular weight is 422 g/mol. The summed E-state index contributed by atoms with van der Waals surface area (Å²) in [6.07, 6.45) is 0. The van der Waals surface area contributed by atoms with Crippen molar-refractivity contribution < 1.29 is 18.9 Å². The first-order valence-electron chi connectivity index (χ1n) is 7.55. The number of imide groups is 1. The first kappa shape index (κ1) is 18.0. The third-order valence-corrected chi connectivity index (χ3v) is 5.01. The van der Waals surface area contributed by atoms with E-state index < -0.39 is 28.2 Å². The lowest BCUT2D eigenvalue weighted by atomic mass is 9.92. The van der Waals surface area contributed by atoms with E-state index in [9.17, 15) is 24.1 Å². The lowest BCUT2D eigenvalue weighted by molar-refractivity contribution is -0.384. The van der Waals surface area contributed by atoms with Crippen LogP contribution in [0.4, 0.5) is 14.9 Å². The van der Waals surface area contributed by atoms with E-state index in [0.717, 1.165) is 4.90 Å². The molecule has 1 N–H and O–H groups in total. The van der Waals surface area contributed by atoms with E-state index in [1.165, 1.54) is 49.4 Å². The Morgan fingerprint density at radius 2 is 1.88 bits per heavy atom. The Labute approximate surface area is 156 Å². The zero-order valence-electron chi connectivity index (χ0n) is 13.5. The SMILES string of the molecule is CC1(c2ccc([N+](=O)[O-])cc2)NC(=O)N(Cc2ccc(F)cc2Br)C1=O. The summed E-state index contributed by atoms with van der Waals surface area (Å²) in [5.41, 5.74) is -0.440. The molecule has 0 aromatic heterocycles. The molecule has 0 saturated carbocycles. The molecule has 26 heavy (non-hydrogen) atoms. The van der Waals surface area contributed by atoms with Gasteiger partial charge < -0.3 is 5.32 Å². The Hall–Kier alpha value is -2.81. The maximum Gasteiger partial charge on any atom is 0.325 e. The molecule has 3 rings (SSSR count). The fourth-order valence-corrected chi connectivity index (χ4v) is 3.25. The Morgan fingerprint density at radius 1 is 1.23 bits per heavy atom. The smallest absolute Gasteiger partial charge is 0.319 e. The Bertz CT molecular complexity index is 919. The number of nitrogens with one attached hydrogen (secondary N) is 1. The molecule has 9 heteroatoms. The summed E-state index contributed by atoms with van der Waals surface area (Å²) >= 11 is 3.22. The van der Waals surface area contributed by atoms with Crippen LogP contribution in [0.3, 0.4) is 0 Å². The molecule has 0 bridgehead atoms. The van der Waals surface area contributed by atoms with Gasteiger partial charge in [-0.15, -0.1) is 0 Å². The molecule has 3 amide bonds. The van der Waals surface area contributed by atoms with Gasteiger partial charge in [-0.1, -0.05) is 22.0 Å². The third-order valence-electron chi connectivity index (χ3n) is 4.27. The van der Waals surface area contributed by atoms with Crippen molar-refractivity contribution in [2.45, 2.75) is 19.0 Å². The molecule has 134 valence electrons. The number of urea groups is 1. The number of hydrogen-bond donors (Lipinski definition) is 1. The van der Waals surface area contributed by atoms with Crippen molar-refractivity contribution in [1.29, 1.82) is 0 Å². The maximum atomic E-state index is 13.2. The molecule has 1 unspecified atom stereocenters. The van der Waals surface area contributed by atoms with E-state index in [2.05, 4.69) is 21.2 Å². The highest BCUT2D eigenvalue weighted by Crippen LogP contribution is 2.31. The summed E-state index contributed by atoms with van der Waals surface area (Å²) in [6.45, 7) is 1.50. The average Bonchev–Trinajstić information content (AvgIpc) is 2.81. The van der Waals surface area contributed by atoms with Gasteiger partial charge in [0, 0.05) is 16.6 Å². The Kier molecular flexibility index (Phi) is 4.49. The van der Waals surface area contributed by atoms with E-state index in [1.54, 1.807) is 0 Å². The summed E-state index contributed by atoms with van der Waals surface area (Å²) < 4.78 is 13.7. The monoisotopic (exact) mass is 421 g/mol. The number of carbonyl (C=O) groups is 2. The van der Waals surface area contributed by atoms with E-state index >= 15 is 0 Å². The van der Waals surface area contributed by atoms with Crippen molar-refractivity contribution in [3.8, 4) is 0 Å². The predicted molar refractivity (Wildman–Crippen MR) is 93.6 cm³/mol. The molecule has 0 radical (unpaired) electrons. The van der Waals surface area contributed by atoms with Crippen LogP contribution in [0.2, 0.25) is 0 Å². The molecule has 1 aliphatic heterocycles. The van der Waals surface area contributed by atoms with Gasteiger partial charge in [0.05, 0.1) is 11.5 Å². The topological polar surface area (TPSA) is 92.6 Å². The standard InChI is InChI=1S/C17H13BrFN3O4/c1-17(11-3-6-13(7-4-11)22(25)26)15(23)21(16(24)20-17)9-10-2-5-12(19)8-14(10)18/h2-8H,9H2,1H3,(H,20,24). The molecule has 1 aliphatic rings. The third kappa shape index (κ3) is 3.05. The van der Waals surface area contributed by atoms with Gasteiger partial charge in [-0.25, -0.2) is 9.18 Å². The van der Waals surface area contributed by atoms with Gasteiger partial charge in [0.2, 0.25) is 0 Å². The number of amides is 3. The van der Waals surface area contributed by atoms with Crippen LogP contribution < -0.4 is 5.32 Å². The van der Waals surface area contributed by atoms with E-state index in [4.69, 9.17) is 0 Å².